The van der Waals surface area contributed by atoms with Crippen LogP contribution in [0.4, 0.5) is 11.4 Å². The van der Waals surface area contributed by atoms with Crippen LogP contribution in [0, 0.1) is 0 Å². The van der Waals surface area contributed by atoms with Gasteiger partial charge in [-0.05, 0) is 30.3 Å². The average molecular weight is 495 g/mol. The molecule has 0 aromatic heterocycles. The quantitative estimate of drug-likeness (QED) is 0.615. The summed E-state index contributed by atoms with van der Waals surface area (Å²) in [6.07, 6.45) is 0. The zero-order valence-electron chi connectivity index (χ0n) is 14.4. The van der Waals surface area contributed by atoms with Crippen LogP contribution < -0.4 is 19.7 Å². The van der Waals surface area contributed by atoms with E-state index < -0.39 is 10.0 Å². The number of hydrogen-bond donors (Lipinski definition) is 2. The van der Waals surface area contributed by atoms with Gasteiger partial charge in [-0.25, -0.2) is 8.42 Å². The lowest BCUT2D eigenvalue weighted by atomic mass is 10.2. The number of nitrogens with zero attached hydrogens (tertiary/aromatic N) is 1. The Kier molecular flexibility index (Phi) is 6.43. The van der Waals surface area contributed by atoms with Gasteiger partial charge >= 0.3 is 0 Å². The molecule has 0 bridgehead atoms. The van der Waals surface area contributed by atoms with E-state index in [1.54, 1.807) is 31.4 Å². The molecule has 1 aliphatic heterocycles. The summed E-state index contributed by atoms with van der Waals surface area (Å²) in [6, 6.07) is 7.92. The Hall–Kier alpha value is -1.19. The topological polar surface area (TPSA) is 70.7 Å². The Morgan fingerprint density at radius 3 is 2.56 bits per heavy atom. The van der Waals surface area contributed by atoms with Crippen molar-refractivity contribution in [1.29, 1.82) is 0 Å². The van der Waals surface area contributed by atoms with Crippen LogP contribution in [0.15, 0.2) is 39.7 Å². The number of ether oxygens (including phenoxy) is 1. The third kappa shape index (κ3) is 4.63. The van der Waals surface area contributed by atoms with E-state index in [-0.39, 0.29) is 20.6 Å². The van der Waals surface area contributed by atoms with Crippen LogP contribution in [0.5, 0.6) is 5.75 Å². The van der Waals surface area contributed by atoms with Crippen LogP contribution in [0.25, 0.3) is 0 Å². The van der Waals surface area contributed by atoms with Crippen molar-refractivity contribution in [3.63, 3.8) is 0 Å². The first kappa shape index (κ1) is 20.5. The van der Waals surface area contributed by atoms with Crippen LogP contribution in [-0.2, 0) is 10.0 Å². The second kappa shape index (κ2) is 8.45. The van der Waals surface area contributed by atoms with E-state index in [0.717, 1.165) is 31.9 Å². The Morgan fingerprint density at radius 1 is 1.19 bits per heavy atom. The van der Waals surface area contributed by atoms with Gasteiger partial charge in [0.2, 0.25) is 0 Å². The molecule has 0 amide bonds. The van der Waals surface area contributed by atoms with Crippen molar-refractivity contribution in [2.45, 2.75) is 4.90 Å². The maximum absolute atomic E-state index is 12.9. The van der Waals surface area contributed by atoms with Gasteiger partial charge in [0.25, 0.3) is 10.0 Å². The highest BCUT2D eigenvalue weighted by molar-refractivity contribution is 9.10. The van der Waals surface area contributed by atoms with Crippen molar-refractivity contribution >= 4 is 60.5 Å². The molecule has 2 N–H and O–H groups in total. The van der Waals surface area contributed by atoms with Gasteiger partial charge in [-0.1, -0.05) is 39.1 Å². The molecule has 0 atom stereocenters. The summed E-state index contributed by atoms with van der Waals surface area (Å²) in [6.45, 7) is 3.18. The number of anilines is 2. The van der Waals surface area contributed by atoms with E-state index in [4.69, 9.17) is 27.9 Å². The fourth-order valence-corrected chi connectivity index (χ4v) is 4.93. The molecule has 10 heteroatoms. The van der Waals surface area contributed by atoms with Crippen molar-refractivity contribution in [2.24, 2.45) is 0 Å². The molecule has 2 aromatic rings. The monoisotopic (exact) mass is 493 g/mol. The summed E-state index contributed by atoms with van der Waals surface area (Å²) in [5.74, 6) is 0.624. The van der Waals surface area contributed by atoms with Gasteiger partial charge in [0, 0.05) is 30.7 Å². The maximum atomic E-state index is 12.9. The summed E-state index contributed by atoms with van der Waals surface area (Å²) >= 11 is 15.5. The number of piperazine rings is 1. The predicted octanol–water partition coefficient (Wildman–Crippen LogP) is 3.97. The summed E-state index contributed by atoms with van der Waals surface area (Å²) < 4.78 is 34.4. The minimum atomic E-state index is -3.87. The fourth-order valence-electron chi connectivity index (χ4n) is 2.82. The second-order valence-electron chi connectivity index (χ2n) is 5.93. The van der Waals surface area contributed by atoms with E-state index in [1.807, 2.05) is 0 Å². The SMILES string of the molecule is COc1ccc(S(=O)(=O)Nc2cc(Br)cc(Cl)c2Cl)cc1N1CCNCC1. The average Bonchev–Trinajstić information content (AvgIpc) is 2.65. The molecule has 1 aliphatic rings. The predicted molar refractivity (Wildman–Crippen MR) is 113 cm³/mol. The maximum Gasteiger partial charge on any atom is 0.262 e. The molecule has 6 nitrogen and oxygen atoms in total. The number of rotatable bonds is 5. The molecule has 146 valence electrons. The Labute approximate surface area is 177 Å². The smallest absolute Gasteiger partial charge is 0.262 e. The summed E-state index contributed by atoms with van der Waals surface area (Å²) in [5, 5.41) is 3.66. The molecule has 0 unspecified atom stereocenters. The molecular formula is C17H18BrCl2N3O3S. The number of sulfonamides is 1. The lowest BCUT2D eigenvalue weighted by Gasteiger charge is -2.30. The highest BCUT2D eigenvalue weighted by atomic mass is 79.9. The van der Waals surface area contributed by atoms with E-state index in [0.29, 0.717) is 10.2 Å². The van der Waals surface area contributed by atoms with E-state index in [9.17, 15) is 8.42 Å². The number of halogens is 3. The van der Waals surface area contributed by atoms with Crippen LogP contribution in [-0.4, -0.2) is 41.7 Å². The van der Waals surface area contributed by atoms with Crippen molar-refractivity contribution in [2.75, 3.05) is 42.9 Å². The molecule has 0 radical (unpaired) electrons. The molecule has 0 aliphatic carbocycles. The molecule has 1 saturated heterocycles. The van der Waals surface area contributed by atoms with Crippen LogP contribution in [0.2, 0.25) is 10.0 Å². The van der Waals surface area contributed by atoms with Gasteiger partial charge in [0.05, 0.1) is 33.4 Å². The molecular weight excluding hydrogens is 477 g/mol. The van der Waals surface area contributed by atoms with Crippen molar-refractivity contribution in [3.05, 3.63) is 44.8 Å². The normalized spacial score (nSPS) is 14.9. The molecule has 0 spiro atoms. The first-order valence-electron chi connectivity index (χ1n) is 8.13. The van der Waals surface area contributed by atoms with Crippen LogP contribution >= 0.6 is 39.1 Å². The van der Waals surface area contributed by atoms with E-state index >= 15 is 0 Å². The van der Waals surface area contributed by atoms with E-state index in [2.05, 4.69) is 30.9 Å². The van der Waals surface area contributed by atoms with Gasteiger partial charge in [-0.15, -0.1) is 0 Å². The molecule has 3 rings (SSSR count). The highest BCUT2D eigenvalue weighted by Gasteiger charge is 2.22. The highest BCUT2D eigenvalue weighted by Crippen LogP contribution is 2.36. The van der Waals surface area contributed by atoms with Crippen LogP contribution in [0.1, 0.15) is 0 Å². The van der Waals surface area contributed by atoms with Crippen molar-refractivity contribution in [1.82, 2.24) is 5.32 Å². The van der Waals surface area contributed by atoms with Crippen molar-refractivity contribution < 1.29 is 13.2 Å². The molecule has 1 heterocycles. The minimum absolute atomic E-state index is 0.115. The molecule has 2 aromatic carbocycles. The third-order valence-corrected chi connectivity index (χ3v) is 6.78. The Morgan fingerprint density at radius 2 is 1.89 bits per heavy atom. The molecule has 27 heavy (non-hydrogen) atoms. The fraction of sp³-hybridized carbons (Fsp3) is 0.294. The molecule has 1 fully saturated rings. The van der Waals surface area contributed by atoms with Gasteiger partial charge in [-0.2, -0.15) is 0 Å². The van der Waals surface area contributed by atoms with Crippen molar-refractivity contribution in [3.8, 4) is 5.75 Å². The van der Waals surface area contributed by atoms with Gasteiger partial charge in [-0.3, -0.25) is 4.72 Å². The number of hydrogen-bond acceptors (Lipinski definition) is 5. The lowest BCUT2D eigenvalue weighted by molar-refractivity contribution is 0.412. The lowest BCUT2D eigenvalue weighted by Crippen LogP contribution is -2.43. The Bertz CT molecular complexity index is 951. The summed E-state index contributed by atoms with van der Waals surface area (Å²) in [7, 11) is -2.30. The third-order valence-electron chi connectivity index (χ3n) is 4.16. The van der Waals surface area contributed by atoms with Gasteiger partial charge in [0.1, 0.15) is 5.75 Å². The Balaban J connectivity index is 1.97. The van der Waals surface area contributed by atoms with Crippen LogP contribution in [0.3, 0.4) is 0 Å². The zero-order valence-corrected chi connectivity index (χ0v) is 18.3. The second-order valence-corrected chi connectivity index (χ2v) is 9.31. The largest absolute Gasteiger partial charge is 0.495 e. The molecule has 0 saturated carbocycles. The summed E-state index contributed by atoms with van der Waals surface area (Å²) in [4.78, 5) is 2.21. The summed E-state index contributed by atoms with van der Waals surface area (Å²) in [5.41, 5.74) is 0.941. The number of nitrogens with one attached hydrogen (secondary N) is 2. The first-order chi connectivity index (χ1) is 12.8. The standard InChI is InChI=1S/C17H18BrCl2N3O3S/c1-26-16-3-2-12(10-15(16)23-6-4-21-5-7-23)27(24,25)22-14-9-11(18)8-13(19)17(14)20/h2-3,8-10,21-22H,4-7H2,1H3. The first-order valence-corrected chi connectivity index (χ1v) is 11.2. The zero-order chi connectivity index (χ0) is 19.6. The minimum Gasteiger partial charge on any atom is -0.495 e. The van der Waals surface area contributed by atoms with E-state index in [1.165, 1.54) is 6.07 Å². The number of methoxy groups -OCH3 is 1. The van der Waals surface area contributed by atoms with Gasteiger partial charge in [0.15, 0.2) is 0 Å². The van der Waals surface area contributed by atoms with Gasteiger partial charge < -0.3 is 15.0 Å². The number of benzene rings is 2.